The first-order valence-corrected chi connectivity index (χ1v) is 9.64. The quantitative estimate of drug-likeness (QED) is 0.787. The van der Waals surface area contributed by atoms with Crippen molar-refractivity contribution in [1.82, 2.24) is 9.97 Å². The molecule has 1 aliphatic heterocycles. The Balaban J connectivity index is 1.76. The molecule has 0 atom stereocenters. The number of rotatable bonds is 4. The predicted octanol–water partition coefficient (Wildman–Crippen LogP) is 4.95. The second kappa shape index (κ2) is 7.56. The van der Waals surface area contributed by atoms with Crippen LogP contribution in [0.3, 0.4) is 0 Å². The fourth-order valence-corrected chi connectivity index (χ4v) is 4.11. The molecule has 134 valence electrons. The summed E-state index contributed by atoms with van der Waals surface area (Å²) >= 11 is 13.5. The van der Waals surface area contributed by atoms with E-state index in [-0.39, 0.29) is 5.56 Å². The van der Waals surface area contributed by atoms with Crippen LogP contribution in [0.15, 0.2) is 39.1 Å². The van der Waals surface area contributed by atoms with Crippen LogP contribution in [-0.4, -0.2) is 28.7 Å². The van der Waals surface area contributed by atoms with Crippen LogP contribution in [0.2, 0.25) is 10.0 Å². The van der Waals surface area contributed by atoms with Crippen LogP contribution in [0.25, 0.3) is 0 Å². The molecule has 4 nitrogen and oxygen atoms in total. The van der Waals surface area contributed by atoms with Gasteiger partial charge in [0.05, 0.1) is 21.3 Å². The normalized spacial score (nSPS) is 16.9. The predicted molar refractivity (Wildman–Crippen MR) is 101 cm³/mol. The topological polar surface area (TPSA) is 49.0 Å². The number of H-pyrrole nitrogens is 1. The van der Waals surface area contributed by atoms with Crippen molar-refractivity contribution in [2.45, 2.75) is 41.8 Å². The monoisotopic (exact) mass is 401 g/mol. The molecule has 0 bridgehead atoms. The summed E-state index contributed by atoms with van der Waals surface area (Å²) in [5, 5.41) is 1.47. The zero-order chi connectivity index (χ0) is 18.0. The Kier molecular flexibility index (Phi) is 5.61. The summed E-state index contributed by atoms with van der Waals surface area (Å²) in [4.78, 5) is 22.1. The molecule has 3 rings (SSSR count). The third kappa shape index (κ3) is 4.13. The Morgan fingerprint density at radius 2 is 2.08 bits per heavy atom. The first-order valence-electron chi connectivity index (χ1n) is 8.07. The molecule has 1 aliphatic rings. The number of aromatic nitrogens is 2. The molecule has 1 saturated heterocycles. The number of alkyl halides is 1. The maximum Gasteiger partial charge on any atom is 0.291 e. The van der Waals surface area contributed by atoms with Gasteiger partial charge >= 0.3 is 0 Å². The van der Waals surface area contributed by atoms with Crippen LogP contribution < -0.4 is 10.5 Å². The van der Waals surface area contributed by atoms with E-state index in [1.165, 1.54) is 11.8 Å². The van der Waals surface area contributed by atoms with E-state index in [1.807, 2.05) is 17.9 Å². The summed E-state index contributed by atoms with van der Waals surface area (Å²) in [5.74, 6) is 0.333. The first-order chi connectivity index (χ1) is 11.9. The Labute approximate surface area is 159 Å². The van der Waals surface area contributed by atoms with Crippen LogP contribution in [0.5, 0.6) is 0 Å². The number of hydrogen-bond donors (Lipinski definition) is 1. The minimum Gasteiger partial charge on any atom is -0.352 e. The molecular formula is C17H18Cl2FN3OS. The standard InChI is InChI=1S/C17H18Cl2FN3OS/c1-2-17(20)6-8-23(9-7-17)15-16(24)22-13(10-21-15)25-12-5-3-4-11(18)14(12)19/h3-5,10H,2,6-9H2,1H3,(H,22,24). The fraction of sp³-hybridized carbons (Fsp3) is 0.412. The Morgan fingerprint density at radius 1 is 1.36 bits per heavy atom. The van der Waals surface area contributed by atoms with E-state index in [4.69, 9.17) is 23.2 Å². The van der Waals surface area contributed by atoms with Crippen molar-refractivity contribution in [3.05, 3.63) is 44.8 Å². The lowest BCUT2D eigenvalue weighted by Gasteiger charge is -2.36. The van der Waals surface area contributed by atoms with Crippen molar-refractivity contribution in [1.29, 1.82) is 0 Å². The summed E-state index contributed by atoms with van der Waals surface area (Å²) < 4.78 is 14.3. The molecule has 1 aromatic carbocycles. The maximum atomic E-state index is 14.3. The smallest absolute Gasteiger partial charge is 0.291 e. The minimum atomic E-state index is -1.12. The van der Waals surface area contributed by atoms with E-state index in [0.29, 0.717) is 53.2 Å². The van der Waals surface area contributed by atoms with Gasteiger partial charge in [0.1, 0.15) is 5.67 Å². The van der Waals surface area contributed by atoms with Gasteiger partial charge in [-0.2, -0.15) is 0 Å². The highest BCUT2D eigenvalue weighted by Crippen LogP contribution is 2.36. The second-order valence-electron chi connectivity index (χ2n) is 6.05. The van der Waals surface area contributed by atoms with Crippen LogP contribution >= 0.6 is 35.0 Å². The lowest BCUT2D eigenvalue weighted by atomic mass is 9.91. The molecule has 1 aromatic heterocycles. The van der Waals surface area contributed by atoms with Crippen molar-refractivity contribution in [2.24, 2.45) is 0 Å². The summed E-state index contributed by atoms with van der Waals surface area (Å²) in [6.45, 7) is 2.84. The van der Waals surface area contributed by atoms with Gasteiger partial charge in [-0.25, -0.2) is 9.37 Å². The average molecular weight is 402 g/mol. The van der Waals surface area contributed by atoms with Gasteiger partial charge in [-0.05, 0) is 31.4 Å². The van der Waals surface area contributed by atoms with Crippen LogP contribution in [-0.2, 0) is 0 Å². The molecule has 0 saturated carbocycles. The zero-order valence-electron chi connectivity index (χ0n) is 13.7. The van der Waals surface area contributed by atoms with Gasteiger partial charge in [-0.3, -0.25) is 4.79 Å². The number of hydrogen-bond acceptors (Lipinski definition) is 4. The largest absolute Gasteiger partial charge is 0.352 e. The van der Waals surface area contributed by atoms with Crippen LogP contribution in [0, 0.1) is 0 Å². The number of anilines is 1. The summed E-state index contributed by atoms with van der Waals surface area (Å²) in [5.41, 5.74) is -1.41. The third-order valence-electron chi connectivity index (χ3n) is 4.47. The molecular weight excluding hydrogens is 384 g/mol. The molecule has 0 spiro atoms. The zero-order valence-corrected chi connectivity index (χ0v) is 16.0. The number of benzene rings is 1. The Hall–Kier alpha value is -1.24. The van der Waals surface area contributed by atoms with E-state index in [1.54, 1.807) is 18.3 Å². The van der Waals surface area contributed by atoms with Gasteiger partial charge in [0, 0.05) is 18.0 Å². The summed E-state index contributed by atoms with van der Waals surface area (Å²) in [6.07, 6.45) is 2.93. The highest BCUT2D eigenvalue weighted by Gasteiger charge is 2.33. The molecule has 2 aromatic rings. The first kappa shape index (κ1) is 18.5. The second-order valence-corrected chi connectivity index (χ2v) is 7.91. The third-order valence-corrected chi connectivity index (χ3v) is 6.39. The van der Waals surface area contributed by atoms with Gasteiger partial charge < -0.3 is 9.88 Å². The van der Waals surface area contributed by atoms with Gasteiger partial charge in [0.15, 0.2) is 5.82 Å². The Morgan fingerprint density at radius 3 is 2.72 bits per heavy atom. The van der Waals surface area contributed by atoms with E-state index >= 15 is 0 Å². The van der Waals surface area contributed by atoms with E-state index in [9.17, 15) is 9.18 Å². The van der Waals surface area contributed by atoms with Crippen molar-refractivity contribution in [3.63, 3.8) is 0 Å². The summed E-state index contributed by atoms with van der Waals surface area (Å²) in [6, 6.07) is 5.32. The lowest BCUT2D eigenvalue weighted by Crippen LogP contribution is -2.43. The number of nitrogens with one attached hydrogen (secondary N) is 1. The molecule has 0 radical (unpaired) electrons. The fourth-order valence-electron chi connectivity index (χ4n) is 2.81. The number of halogens is 3. The molecule has 0 unspecified atom stereocenters. The number of piperidine rings is 1. The molecule has 25 heavy (non-hydrogen) atoms. The van der Waals surface area contributed by atoms with Gasteiger partial charge in [0.25, 0.3) is 5.56 Å². The highest BCUT2D eigenvalue weighted by atomic mass is 35.5. The van der Waals surface area contributed by atoms with Gasteiger partial charge in [0.2, 0.25) is 0 Å². The van der Waals surface area contributed by atoms with Crippen molar-refractivity contribution >= 4 is 40.8 Å². The molecule has 1 fully saturated rings. The van der Waals surface area contributed by atoms with Crippen molar-refractivity contribution < 1.29 is 4.39 Å². The highest BCUT2D eigenvalue weighted by molar-refractivity contribution is 7.99. The molecule has 2 heterocycles. The minimum absolute atomic E-state index is 0.286. The van der Waals surface area contributed by atoms with E-state index in [2.05, 4.69) is 9.97 Å². The summed E-state index contributed by atoms with van der Waals surface area (Å²) in [7, 11) is 0. The SMILES string of the molecule is CCC1(F)CCN(c2ncc(Sc3cccc(Cl)c3Cl)[nH]c2=O)CC1. The molecule has 0 amide bonds. The average Bonchev–Trinajstić information content (AvgIpc) is 2.60. The van der Waals surface area contributed by atoms with Gasteiger partial charge in [-0.15, -0.1) is 0 Å². The van der Waals surface area contributed by atoms with Crippen LogP contribution in [0.1, 0.15) is 26.2 Å². The van der Waals surface area contributed by atoms with E-state index < -0.39 is 5.67 Å². The van der Waals surface area contributed by atoms with Gasteiger partial charge in [-0.1, -0.05) is 48.0 Å². The van der Waals surface area contributed by atoms with Crippen molar-refractivity contribution in [3.8, 4) is 0 Å². The molecule has 0 aliphatic carbocycles. The van der Waals surface area contributed by atoms with Crippen LogP contribution in [0.4, 0.5) is 10.2 Å². The Bertz CT molecular complexity index is 822. The number of aromatic amines is 1. The van der Waals surface area contributed by atoms with Crippen molar-refractivity contribution in [2.75, 3.05) is 18.0 Å². The maximum absolute atomic E-state index is 14.3. The molecule has 8 heteroatoms. The lowest BCUT2D eigenvalue weighted by molar-refractivity contribution is 0.120. The van der Waals surface area contributed by atoms with E-state index in [0.717, 1.165) is 4.90 Å². The molecule has 1 N–H and O–H groups in total. The number of nitrogens with zero attached hydrogens (tertiary/aromatic N) is 2.